The molecule has 2 heterocycles. The van der Waals surface area contributed by atoms with Crippen LogP contribution in [0.1, 0.15) is 5.56 Å². The Labute approximate surface area is 97.0 Å². The quantitative estimate of drug-likeness (QED) is 0.676. The normalized spacial score (nSPS) is 13.6. The summed E-state index contributed by atoms with van der Waals surface area (Å²) in [5.41, 5.74) is 0.965. The van der Waals surface area contributed by atoms with E-state index in [0.29, 0.717) is 19.8 Å². The Kier molecular flexibility index (Phi) is 2.32. The van der Waals surface area contributed by atoms with Crippen molar-refractivity contribution in [2.24, 2.45) is 0 Å². The SMILES string of the molecule is [O-]c1c[n+](Cc2ccc3c(c2)OCCO3)no1. The molecule has 0 fully saturated rings. The Morgan fingerprint density at radius 2 is 2.06 bits per heavy atom. The first-order valence-electron chi connectivity index (χ1n) is 5.23. The fourth-order valence-electron chi connectivity index (χ4n) is 1.71. The third-order valence-corrected chi connectivity index (χ3v) is 2.44. The summed E-state index contributed by atoms with van der Waals surface area (Å²) >= 11 is 0. The van der Waals surface area contributed by atoms with Gasteiger partial charge in [-0.2, -0.15) is 0 Å². The highest BCUT2D eigenvalue weighted by atomic mass is 16.6. The third kappa shape index (κ3) is 2.01. The number of hydrogen-bond donors (Lipinski definition) is 0. The highest BCUT2D eigenvalue weighted by Gasteiger charge is 2.14. The van der Waals surface area contributed by atoms with Crippen molar-refractivity contribution in [3.8, 4) is 17.4 Å². The van der Waals surface area contributed by atoms with Crippen LogP contribution in [-0.4, -0.2) is 18.5 Å². The zero-order valence-corrected chi connectivity index (χ0v) is 8.96. The van der Waals surface area contributed by atoms with Gasteiger partial charge in [-0.1, -0.05) is 4.68 Å². The summed E-state index contributed by atoms with van der Waals surface area (Å²) in [5.74, 6) is 1.01. The molecule has 1 aromatic carbocycles. The zero-order valence-electron chi connectivity index (χ0n) is 8.96. The minimum Gasteiger partial charge on any atom is -0.539 e. The van der Waals surface area contributed by atoms with E-state index in [2.05, 4.69) is 9.79 Å². The van der Waals surface area contributed by atoms with E-state index in [1.165, 1.54) is 10.9 Å². The van der Waals surface area contributed by atoms with E-state index < -0.39 is 5.95 Å². The van der Waals surface area contributed by atoms with Gasteiger partial charge in [0.1, 0.15) is 19.2 Å². The Morgan fingerprint density at radius 1 is 1.24 bits per heavy atom. The van der Waals surface area contributed by atoms with Gasteiger partial charge in [-0.3, -0.25) is 0 Å². The van der Waals surface area contributed by atoms with E-state index in [9.17, 15) is 5.11 Å². The van der Waals surface area contributed by atoms with Gasteiger partial charge >= 0.3 is 0 Å². The standard InChI is InChI=1S/C11H10N2O4/c14-11-7-13(12-17-11)6-8-1-2-9-10(5-8)16-4-3-15-9/h1-2,5,7H,3-4,6H2. The zero-order chi connectivity index (χ0) is 11.7. The lowest BCUT2D eigenvalue weighted by molar-refractivity contribution is -0.754. The van der Waals surface area contributed by atoms with Gasteiger partial charge in [-0.05, 0) is 18.2 Å². The summed E-state index contributed by atoms with van der Waals surface area (Å²) in [6, 6.07) is 5.63. The molecule has 0 radical (unpaired) electrons. The molecule has 1 aliphatic rings. The maximum absolute atomic E-state index is 10.8. The molecular weight excluding hydrogens is 224 g/mol. The van der Waals surface area contributed by atoms with Crippen molar-refractivity contribution in [1.29, 1.82) is 0 Å². The van der Waals surface area contributed by atoms with Crippen LogP contribution in [0, 0.1) is 0 Å². The molecule has 0 N–H and O–H groups in total. The number of ether oxygens (including phenoxy) is 2. The van der Waals surface area contributed by atoms with Crippen LogP contribution in [0.3, 0.4) is 0 Å². The summed E-state index contributed by atoms with van der Waals surface area (Å²) in [7, 11) is 0. The molecule has 0 amide bonds. The summed E-state index contributed by atoms with van der Waals surface area (Å²) < 4.78 is 16.8. The van der Waals surface area contributed by atoms with Gasteiger partial charge in [0.15, 0.2) is 11.5 Å². The number of fused-ring (bicyclic) bond motifs is 1. The maximum Gasteiger partial charge on any atom is 0.221 e. The van der Waals surface area contributed by atoms with E-state index in [4.69, 9.17) is 9.47 Å². The molecule has 0 aliphatic carbocycles. The van der Waals surface area contributed by atoms with Crippen LogP contribution < -0.4 is 19.3 Å². The van der Waals surface area contributed by atoms with Gasteiger partial charge in [-0.15, -0.1) is 0 Å². The van der Waals surface area contributed by atoms with E-state index in [1.807, 2.05) is 18.2 Å². The second-order valence-electron chi connectivity index (χ2n) is 3.70. The molecule has 3 rings (SSSR count). The smallest absolute Gasteiger partial charge is 0.221 e. The average molecular weight is 234 g/mol. The molecule has 6 nitrogen and oxygen atoms in total. The second-order valence-corrected chi connectivity index (χ2v) is 3.70. The first-order chi connectivity index (χ1) is 8.31. The van der Waals surface area contributed by atoms with Gasteiger partial charge in [0.25, 0.3) is 0 Å². The molecule has 0 atom stereocenters. The Morgan fingerprint density at radius 3 is 2.82 bits per heavy atom. The topological polar surface area (TPSA) is 71.4 Å². The molecule has 0 spiro atoms. The summed E-state index contributed by atoms with van der Waals surface area (Å²) in [6.07, 6.45) is 1.30. The van der Waals surface area contributed by atoms with Gasteiger partial charge < -0.3 is 19.1 Å². The van der Waals surface area contributed by atoms with Crippen LogP contribution in [0.15, 0.2) is 28.9 Å². The van der Waals surface area contributed by atoms with Crippen LogP contribution in [0.5, 0.6) is 17.4 Å². The molecule has 1 aromatic heterocycles. The third-order valence-electron chi connectivity index (χ3n) is 2.44. The lowest BCUT2D eigenvalue weighted by Crippen LogP contribution is -2.35. The lowest BCUT2D eigenvalue weighted by Gasteiger charge is -2.18. The first kappa shape index (κ1) is 9.95. The van der Waals surface area contributed by atoms with Crippen molar-refractivity contribution in [3.05, 3.63) is 30.0 Å². The van der Waals surface area contributed by atoms with Crippen molar-refractivity contribution in [1.82, 2.24) is 5.27 Å². The monoisotopic (exact) mass is 234 g/mol. The molecule has 0 bridgehead atoms. The highest BCUT2D eigenvalue weighted by Crippen LogP contribution is 2.30. The van der Waals surface area contributed by atoms with Crippen LogP contribution in [0.2, 0.25) is 0 Å². The molecule has 6 heteroatoms. The minimum absolute atomic E-state index is 0.456. The maximum atomic E-state index is 10.8. The highest BCUT2D eigenvalue weighted by molar-refractivity contribution is 5.43. The van der Waals surface area contributed by atoms with Gasteiger partial charge in [-0.25, -0.2) is 0 Å². The van der Waals surface area contributed by atoms with Crippen molar-refractivity contribution >= 4 is 0 Å². The predicted octanol–water partition coefficient (Wildman–Crippen LogP) is -0.145. The van der Waals surface area contributed by atoms with Crippen molar-refractivity contribution in [3.63, 3.8) is 0 Å². The Hall–Kier alpha value is -2.24. The van der Waals surface area contributed by atoms with Gasteiger partial charge in [0, 0.05) is 5.56 Å². The van der Waals surface area contributed by atoms with Crippen molar-refractivity contribution in [2.75, 3.05) is 13.2 Å². The molecule has 17 heavy (non-hydrogen) atoms. The molecule has 0 unspecified atom stereocenters. The summed E-state index contributed by atoms with van der Waals surface area (Å²) in [6.45, 7) is 1.59. The largest absolute Gasteiger partial charge is 0.539 e. The first-order valence-corrected chi connectivity index (χ1v) is 5.23. The predicted molar refractivity (Wildman–Crippen MR) is 52.7 cm³/mol. The number of rotatable bonds is 2. The number of nitrogens with zero attached hydrogens (tertiary/aromatic N) is 2. The molecule has 0 saturated carbocycles. The molecule has 88 valence electrons. The van der Waals surface area contributed by atoms with E-state index in [-0.39, 0.29) is 0 Å². The van der Waals surface area contributed by atoms with Gasteiger partial charge in [0.2, 0.25) is 12.7 Å². The Balaban J connectivity index is 1.84. The summed E-state index contributed by atoms with van der Waals surface area (Å²) in [5, 5.41) is 14.4. The second kappa shape index (κ2) is 3.97. The fraction of sp³-hybridized carbons (Fsp3) is 0.273. The van der Waals surface area contributed by atoms with Gasteiger partial charge in [0.05, 0.1) is 5.27 Å². The fourth-order valence-corrected chi connectivity index (χ4v) is 1.71. The number of aromatic nitrogens is 2. The minimum atomic E-state index is -0.456. The number of benzene rings is 1. The van der Waals surface area contributed by atoms with Crippen LogP contribution >= 0.6 is 0 Å². The van der Waals surface area contributed by atoms with E-state index in [0.717, 1.165) is 17.1 Å². The van der Waals surface area contributed by atoms with Crippen molar-refractivity contribution in [2.45, 2.75) is 6.54 Å². The number of hydrogen-bond acceptors (Lipinski definition) is 5. The van der Waals surface area contributed by atoms with Crippen molar-refractivity contribution < 1.29 is 23.8 Å². The molecule has 2 aromatic rings. The van der Waals surface area contributed by atoms with Crippen LogP contribution in [0.25, 0.3) is 0 Å². The van der Waals surface area contributed by atoms with E-state index >= 15 is 0 Å². The Bertz CT molecular complexity index is 538. The average Bonchev–Trinajstić information content (AvgIpc) is 2.75. The summed E-state index contributed by atoms with van der Waals surface area (Å²) in [4.78, 5) is 0. The molecule has 1 aliphatic heterocycles. The van der Waals surface area contributed by atoms with Crippen LogP contribution in [0.4, 0.5) is 0 Å². The molecule has 0 saturated heterocycles. The van der Waals surface area contributed by atoms with E-state index in [1.54, 1.807) is 0 Å². The lowest BCUT2D eigenvalue weighted by atomic mass is 10.2. The molecular formula is C11H10N2O4. The van der Waals surface area contributed by atoms with Crippen LogP contribution in [-0.2, 0) is 6.54 Å².